The number of hydrogen-bond acceptors (Lipinski definition) is 2. The van der Waals surface area contributed by atoms with Crippen LogP contribution in [0.2, 0.25) is 0 Å². The minimum atomic E-state index is -3.08. The van der Waals surface area contributed by atoms with Gasteiger partial charge in [-0.1, -0.05) is 38.5 Å². The maximum atomic E-state index is 11.6. The Bertz CT molecular complexity index is 433. The SMILES string of the molecule is CC(C)CCCc1ccccc1S(C)(=O)=O. The fourth-order valence-electron chi connectivity index (χ4n) is 1.77. The average Bonchev–Trinajstić information content (AvgIpc) is 2.16. The number of rotatable bonds is 5. The molecule has 0 aliphatic heterocycles. The van der Waals surface area contributed by atoms with Crippen molar-refractivity contribution in [3.8, 4) is 0 Å². The lowest BCUT2D eigenvalue weighted by molar-refractivity contribution is 0.553. The van der Waals surface area contributed by atoms with E-state index in [0.717, 1.165) is 24.8 Å². The van der Waals surface area contributed by atoms with E-state index >= 15 is 0 Å². The van der Waals surface area contributed by atoms with Gasteiger partial charge in [-0.25, -0.2) is 8.42 Å². The van der Waals surface area contributed by atoms with Crippen molar-refractivity contribution in [2.75, 3.05) is 6.26 Å². The van der Waals surface area contributed by atoms with E-state index in [1.54, 1.807) is 12.1 Å². The fourth-order valence-corrected chi connectivity index (χ4v) is 2.74. The molecule has 0 aliphatic carbocycles. The van der Waals surface area contributed by atoms with Gasteiger partial charge in [0.2, 0.25) is 0 Å². The molecule has 1 rings (SSSR count). The highest BCUT2D eigenvalue weighted by Crippen LogP contribution is 2.18. The summed E-state index contributed by atoms with van der Waals surface area (Å²) in [5.41, 5.74) is 0.950. The topological polar surface area (TPSA) is 34.1 Å². The van der Waals surface area contributed by atoms with Crippen molar-refractivity contribution in [2.45, 2.75) is 38.0 Å². The van der Waals surface area contributed by atoms with Crippen LogP contribution in [0.4, 0.5) is 0 Å². The molecule has 0 heterocycles. The third kappa shape index (κ3) is 3.97. The van der Waals surface area contributed by atoms with E-state index in [0.29, 0.717) is 10.8 Å². The third-order valence-electron chi connectivity index (χ3n) is 2.60. The zero-order chi connectivity index (χ0) is 12.2. The first kappa shape index (κ1) is 13.2. The monoisotopic (exact) mass is 240 g/mol. The van der Waals surface area contributed by atoms with Gasteiger partial charge in [-0.2, -0.15) is 0 Å². The van der Waals surface area contributed by atoms with E-state index in [-0.39, 0.29) is 0 Å². The maximum Gasteiger partial charge on any atom is 0.175 e. The Morgan fingerprint density at radius 1 is 1.19 bits per heavy atom. The molecule has 0 atom stereocenters. The van der Waals surface area contributed by atoms with Crippen LogP contribution in [0.3, 0.4) is 0 Å². The zero-order valence-corrected chi connectivity index (χ0v) is 11.0. The molecule has 2 nitrogen and oxygen atoms in total. The predicted molar refractivity (Wildman–Crippen MR) is 67.3 cm³/mol. The first-order valence-electron chi connectivity index (χ1n) is 5.69. The molecule has 0 saturated heterocycles. The van der Waals surface area contributed by atoms with Crippen molar-refractivity contribution in [3.63, 3.8) is 0 Å². The number of aryl methyl sites for hydroxylation is 1. The van der Waals surface area contributed by atoms with Crippen LogP contribution in [-0.2, 0) is 16.3 Å². The fraction of sp³-hybridized carbons (Fsp3) is 0.538. The van der Waals surface area contributed by atoms with E-state index in [1.165, 1.54) is 6.26 Å². The van der Waals surface area contributed by atoms with Gasteiger partial charge in [0.05, 0.1) is 4.90 Å². The molecule has 0 radical (unpaired) electrons. The second-order valence-electron chi connectivity index (χ2n) is 4.67. The summed E-state index contributed by atoms with van der Waals surface area (Å²) in [7, 11) is -3.08. The van der Waals surface area contributed by atoms with Crippen molar-refractivity contribution >= 4 is 9.84 Å². The van der Waals surface area contributed by atoms with Crippen molar-refractivity contribution in [3.05, 3.63) is 29.8 Å². The molecule has 90 valence electrons. The molecule has 0 aliphatic rings. The van der Waals surface area contributed by atoms with Crippen molar-refractivity contribution in [1.29, 1.82) is 0 Å². The van der Waals surface area contributed by atoms with E-state index in [2.05, 4.69) is 13.8 Å². The average molecular weight is 240 g/mol. The Kier molecular flexibility index (Phi) is 4.54. The van der Waals surface area contributed by atoms with Crippen molar-refractivity contribution in [2.24, 2.45) is 5.92 Å². The zero-order valence-electron chi connectivity index (χ0n) is 10.2. The molecule has 1 aromatic rings. The summed E-state index contributed by atoms with van der Waals surface area (Å²) in [6.07, 6.45) is 4.30. The van der Waals surface area contributed by atoms with E-state index in [1.807, 2.05) is 12.1 Å². The van der Waals surface area contributed by atoms with Crippen molar-refractivity contribution < 1.29 is 8.42 Å². The van der Waals surface area contributed by atoms with Crippen LogP contribution in [0.5, 0.6) is 0 Å². The number of sulfone groups is 1. The van der Waals surface area contributed by atoms with Gasteiger partial charge in [0.25, 0.3) is 0 Å². The lowest BCUT2D eigenvalue weighted by Crippen LogP contribution is -2.02. The van der Waals surface area contributed by atoms with E-state index in [9.17, 15) is 8.42 Å². The Morgan fingerprint density at radius 3 is 2.38 bits per heavy atom. The lowest BCUT2D eigenvalue weighted by atomic mass is 10.0. The summed E-state index contributed by atoms with van der Waals surface area (Å²) in [4.78, 5) is 0.485. The van der Waals surface area contributed by atoms with E-state index in [4.69, 9.17) is 0 Å². The maximum absolute atomic E-state index is 11.6. The number of benzene rings is 1. The quantitative estimate of drug-likeness (QED) is 0.792. The van der Waals surface area contributed by atoms with Crippen LogP contribution in [0.15, 0.2) is 29.2 Å². The Labute approximate surface area is 98.6 Å². The minimum Gasteiger partial charge on any atom is -0.224 e. The van der Waals surface area contributed by atoms with Gasteiger partial charge in [-0.15, -0.1) is 0 Å². The largest absolute Gasteiger partial charge is 0.224 e. The number of hydrogen-bond donors (Lipinski definition) is 0. The molecule has 0 N–H and O–H groups in total. The summed E-state index contributed by atoms with van der Waals surface area (Å²) in [5, 5.41) is 0. The Hall–Kier alpha value is -0.830. The minimum absolute atomic E-state index is 0.485. The highest BCUT2D eigenvalue weighted by Gasteiger charge is 2.11. The summed E-state index contributed by atoms with van der Waals surface area (Å²) in [5.74, 6) is 0.672. The summed E-state index contributed by atoms with van der Waals surface area (Å²) < 4.78 is 23.1. The van der Waals surface area contributed by atoms with Crippen LogP contribution in [-0.4, -0.2) is 14.7 Å². The highest BCUT2D eigenvalue weighted by atomic mass is 32.2. The Balaban J connectivity index is 2.80. The highest BCUT2D eigenvalue weighted by molar-refractivity contribution is 7.90. The summed E-state index contributed by atoms with van der Waals surface area (Å²) in [6.45, 7) is 4.37. The van der Waals surface area contributed by atoms with Crippen molar-refractivity contribution in [1.82, 2.24) is 0 Å². The molecular formula is C13H20O2S. The Morgan fingerprint density at radius 2 is 1.81 bits per heavy atom. The van der Waals surface area contributed by atoms with Gasteiger partial charge >= 0.3 is 0 Å². The van der Waals surface area contributed by atoms with Crippen LogP contribution < -0.4 is 0 Å². The van der Waals surface area contributed by atoms with Gasteiger partial charge in [0.1, 0.15) is 0 Å². The molecule has 0 spiro atoms. The molecule has 16 heavy (non-hydrogen) atoms. The molecule has 3 heteroatoms. The van der Waals surface area contributed by atoms with Gasteiger partial charge in [0.15, 0.2) is 9.84 Å². The molecule has 0 aromatic heterocycles. The van der Waals surface area contributed by atoms with Crippen LogP contribution in [0.25, 0.3) is 0 Å². The smallest absolute Gasteiger partial charge is 0.175 e. The first-order chi connectivity index (χ1) is 7.41. The van der Waals surface area contributed by atoms with Gasteiger partial charge in [0, 0.05) is 6.26 Å². The third-order valence-corrected chi connectivity index (χ3v) is 3.80. The standard InChI is InChI=1S/C13H20O2S/c1-11(2)7-6-9-12-8-4-5-10-13(12)16(3,14)15/h4-5,8,10-11H,6-7,9H2,1-3H3. The molecule has 1 aromatic carbocycles. The summed E-state index contributed by atoms with van der Waals surface area (Å²) in [6, 6.07) is 7.29. The first-order valence-corrected chi connectivity index (χ1v) is 7.58. The van der Waals surface area contributed by atoms with Gasteiger partial charge < -0.3 is 0 Å². The molecule has 0 unspecified atom stereocenters. The second-order valence-corrected chi connectivity index (χ2v) is 6.65. The van der Waals surface area contributed by atoms with E-state index < -0.39 is 9.84 Å². The molecule has 0 bridgehead atoms. The van der Waals surface area contributed by atoms with Crippen LogP contribution in [0.1, 0.15) is 32.3 Å². The lowest BCUT2D eigenvalue weighted by Gasteiger charge is -2.08. The molecule has 0 fully saturated rings. The molecule has 0 saturated carbocycles. The molecule has 0 amide bonds. The normalized spacial score (nSPS) is 12.0. The predicted octanol–water partition coefficient (Wildman–Crippen LogP) is 3.07. The van der Waals surface area contributed by atoms with Gasteiger partial charge in [-0.3, -0.25) is 0 Å². The van der Waals surface area contributed by atoms with Crippen LogP contribution in [0, 0.1) is 5.92 Å². The molecular weight excluding hydrogens is 220 g/mol. The summed E-state index contributed by atoms with van der Waals surface area (Å²) >= 11 is 0. The van der Waals surface area contributed by atoms with Gasteiger partial charge in [-0.05, 0) is 30.4 Å². The second kappa shape index (κ2) is 5.48. The van der Waals surface area contributed by atoms with Crippen LogP contribution >= 0.6 is 0 Å².